The van der Waals surface area contributed by atoms with Gasteiger partial charge >= 0.3 is 0 Å². The molecule has 2 aromatic rings. The van der Waals surface area contributed by atoms with Gasteiger partial charge in [0.15, 0.2) is 0 Å². The summed E-state index contributed by atoms with van der Waals surface area (Å²) in [4.78, 5) is 12.2. The van der Waals surface area contributed by atoms with Gasteiger partial charge < -0.3 is 14.8 Å². The monoisotopic (exact) mass is 299 g/mol. The van der Waals surface area contributed by atoms with Crippen LogP contribution in [0.15, 0.2) is 42.5 Å². The minimum atomic E-state index is -0.119. The zero-order valence-electron chi connectivity index (χ0n) is 13.2. The molecular formula is C18H21NO3. The lowest BCUT2D eigenvalue weighted by atomic mass is 10.1. The summed E-state index contributed by atoms with van der Waals surface area (Å²) in [7, 11) is 3.23. The van der Waals surface area contributed by atoms with Crippen LogP contribution in [-0.2, 0) is 13.0 Å². The summed E-state index contributed by atoms with van der Waals surface area (Å²) in [6.45, 7) is 2.53. The van der Waals surface area contributed by atoms with E-state index < -0.39 is 0 Å². The van der Waals surface area contributed by atoms with Gasteiger partial charge in [-0.05, 0) is 42.3 Å². The second kappa shape index (κ2) is 7.50. The fourth-order valence-corrected chi connectivity index (χ4v) is 2.21. The molecule has 2 rings (SSSR count). The summed E-state index contributed by atoms with van der Waals surface area (Å²) in [5.74, 6) is 1.40. The second-order valence-electron chi connectivity index (χ2n) is 4.91. The number of rotatable bonds is 6. The predicted molar refractivity (Wildman–Crippen MR) is 86.5 cm³/mol. The van der Waals surface area contributed by atoms with E-state index in [1.807, 2.05) is 12.1 Å². The van der Waals surface area contributed by atoms with Crippen molar-refractivity contribution in [2.24, 2.45) is 0 Å². The average molecular weight is 299 g/mol. The number of carbonyl (C=O) groups is 1. The van der Waals surface area contributed by atoms with Gasteiger partial charge in [0.1, 0.15) is 11.5 Å². The lowest BCUT2D eigenvalue weighted by Crippen LogP contribution is -2.23. The summed E-state index contributed by atoms with van der Waals surface area (Å²) in [5.41, 5.74) is 2.80. The Morgan fingerprint density at radius 1 is 1.05 bits per heavy atom. The van der Waals surface area contributed by atoms with Crippen molar-refractivity contribution in [1.29, 1.82) is 0 Å². The molecule has 0 saturated heterocycles. The lowest BCUT2D eigenvalue weighted by molar-refractivity contribution is 0.0950. The number of amides is 1. The van der Waals surface area contributed by atoms with Crippen LogP contribution in [0.3, 0.4) is 0 Å². The Balaban J connectivity index is 2.06. The van der Waals surface area contributed by atoms with E-state index in [-0.39, 0.29) is 5.91 Å². The minimum absolute atomic E-state index is 0.119. The minimum Gasteiger partial charge on any atom is -0.497 e. The van der Waals surface area contributed by atoms with E-state index >= 15 is 0 Å². The van der Waals surface area contributed by atoms with Crippen LogP contribution in [0.5, 0.6) is 11.5 Å². The first-order valence-electron chi connectivity index (χ1n) is 7.26. The summed E-state index contributed by atoms with van der Waals surface area (Å²) in [6.07, 6.45) is 0.948. The van der Waals surface area contributed by atoms with Crippen molar-refractivity contribution in [2.75, 3.05) is 14.2 Å². The molecule has 0 aliphatic carbocycles. The molecule has 0 aliphatic heterocycles. The number of aryl methyl sites for hydroxylation is 1. The molecule has 4 nitrogen and oxygen atoms in total. The Labute approximate surface area is 131 Å². The fraction of sp³-hybridized carbons (Fsp3) is 0.278. The molecule has 1 N–H and O–H groups in total. The van der Waals surface area contributed by atoms with Gasteiger partial charge in [-0.3, -0.25) is 4.79 Å². The number of ether oxygens (including phenoxy) is 2. The maximum absolute atomic E-state index is 12.2. The van der Waals surface area contributed by atoms with Gasteiger partial charge in [-0.25, -0.2) is 0 Å². The molecule has 0 unspecified atom stereocenters. The van der Waals surface area contributed by atoms with Gasteiger partial charge in [-0.15, -0.1) is 0 Å². The molecule has 0 atom stereocenters. The van der Waals surface area contributed by atoms with Crippen molar-refractivity contribution in [3.8, 4) is 11.5 Å². The van der Waals surface area contributed by atoms with Crippen LogP contribution in [0.1, 0.15) is 28.4 Å². The number of methoxy groups -OCH3 is 2. The van der Waals surface area contributed by atoms with E-state index in [1.165, 1.54) is 5.56 Å². The summed E-state index contributed by atoms with van der Waals surface area (Å²) < 4.78 is 10.4. The van der Waals surface area contributed by atoms with Crippen LogP contribution in [0.25, 0.3) is 0 Å². The van der Waals surface area contributed by atoms with Gasteiger partial charge in [-0.2, -0.15) is 0 Å². The fourth-order valence-electron chi connectivity index (χ4n) is 2.21. The Bertz CT molecular complexity index is 635. The standard InChI is InChI=1S/C18H21NO3/c1-4-13-5-10-17(22-3)15(11-13)12-19-18(20)14-6-8-16(21-2)9-7-14/h5-11H,4,12H2,1-3H3,(H,19,20). The van der Waals surface area contributed by atoms with Gasteiger partial charge in [0.2, 0.25) is 0 Å². The average Bonchev–Trinajstić information content (AvgIpc) is 2.59. The molecular weight excluding hydrogens is 278 g/mol. The van der Waals surface area contributed by atoms with Crippen LogP contribution < -0.4 is 14.8 Å². The summed E-state index contributed by atoms with van der Waals surface area (Å²) in [5, 5.41) is 2.92. The first kappa shape index (κ1) is 15.9. The van der Waals surface area contributed by atoms with E-state index in [0.717, 1.165) is 23.5 Å². The normalized spacial score (nSPS) is 10.1. The van der Waals surface area contributed by atoms with Crippen LogP contribution >= 0.6 is 0 Å². The van der Waals surface area contributed by atoms with Gasteiger partial charge in [0.25, 0.3) is 5.91 Å². The Morgan fingerprint density at radius 2 is 1.77 bits per heavy atom. The molecule has 4 heteroatoms. The quantitative estimate of drug-likeness (QED) is 0.891. The number of benzene rings is 2. The van der Waals surface area contributed by atoms with E-state index in [0.29, 0.717) is 12.1 Å². The zero-order valence-corrected chi connectivity index (χ0v) is 13.2. The van der Waals surface area contributed by atoms with Crippen molar-refractivity contribution in [2.45, 2.75) is 19.9 Å². The number of carbonyl (C=O) groups excluding carboxylic acids is 1. The number of hydrogen-bond acceptors (Lipinski definition) is 3. The zero-order chi connectivity index (χ0) is 15.9. The van der Waals surface area contributed by atoms with Gasteiger partial charge in [0, 0.05) is 17.7 Å². The maximum Gasteiger partial charge on any atom is 0.251 e. The molecule has 22 heavy (non-hydrogen) atoms. The van der Waals surface area contributed by atoms with Crippen molar-refractivity contribution >= 4 is 5.91 Å². The molecule has 0 saturated carbocycles. The molecule has 0 aromatic heterocycles. The molecule has 0 aliphatic rings. The summed E-state index contributed by atoms with van der Waals surface area (Å²) >= 11 is 0. The molecule has 1 amide bonds. The van der Waals surface area contributed by atoms with Crippen molar-refractivity contribution in [3.63, 3.8) is 0 Å². The highest BCUT2D eigenvalue weighted by Gasteiger charge is 2.08. The summed E-state index contributed by atoms with van der Waals surface area (Å²) in [6, 6.07) is 13.1. The van der Waals surface area contributed by atoms with Gasteiger partial charge in [-0.1, -0.05) is 19.1 Å². The van der Waals surface area contributed by atoms with Crippen molar-refractivity contribution in [1.82, 2.24) is 5.32 Å². The molecule has 0 radical (unpaired) electrons. The van der Waals surface area contributed by atoms with Gasteiger partial charge in [0.05, 0.1) is 14.2 Å². The molecule has 0 bridgehead atoms. The number of hydrogen-bond donors (Lipinski definition) is 1. The van der Waals surface area contributed by atoms with Crippen LogP contribution in [0.4, 0.5) is 0 Å². The third-order valence-electron chi connectivity index (χ3n) is 3.54. The largest absolute Gasteiger partial charge is 0.497 e. The topological polar surface area (TPSA) is 47.6 Å². The van der Waals surface area contributed by atoms with Crippen molar-refractivity contribution in [3.05, 3.63) is 59.2 Å². The highest BCUT2D eigenvalue weighted by molar-refractivity contribution is 5.94. The molecule has 0 heterocycles. The van der Waals surface area contributed by atoms with E-state index in [1.54, 1.807) is 38.5 Å². The molecule has 0 spiro atoms. The third kappa shape index (κ3) is 3.79. The molecule has 2 aromatic carbocycles. The molecule has 0 fully saturated rings. The Morgan fingerprint density at radius 3 is 2.36 bits per heavy atom. The highest BCUT2D eigenvalue weighted by Crippen LogP contribution is 2.20. The SMILES string of the molecule is CCc1ccc(OC)c(CNC(=O)c2ccc(OC)cc2)c1. The van der Waals surface area contributed by atoms with E-state index in [9.17, 15) is 4.79 Å². The Kier molecular flexibility index (Phi) is 5.42. The predicted octanol–water partition coefficient (Wildman–Crippen LogP) is 3.20. The van der Waals surface area contributed by atoms with E-state index in [2.05, 4.69) is 18.3 Å². The first-order chi connectivity index (χ1) is 10.7. The van der Waals surface area contributed by atoms with Crippen LogP contribution in [-0.4, -0.2) is 20.1 Å². The third-order valence-corrected chi connectivity index (χ3v) is 3.54. The first-order valence-corrected chi connectivity index (χ1v) is 7.26. The maximum atomic E-state index is 12.2. The second-order valence-corrected chi connectivity index (χ2v) is 4.91. The lowest BCUT2D eigenvalue weighted by Gasteiger charge is -2.11. The van der Waals surface area contributed by atoms with E-state index in [4.69, 9.17) is 9.47 Å². The number of nitrogens with one attached hydrogen (secondary N) is 1. The Hall–Kier alpha value is -2.49. The van der Waals surface area contributed by atoms with Crippen molar-refractivity contribution < 1.29 is 14.3 Å². The van der Waals surface area contributed by atoms with Crippen LogP contribution in [0.2, 0.25) is 0 Å². The van der Waals surface area contributed by atoms with Crippen LogP contribution in [0, 0.1) is 0 Å². The molecule has 116 valence electrons. The smallest absolute Gasteiger partial charge is 0.251 e. The highest BCUT2D eigenvalue weighted by atomic mass is 16.5.